The zero-order chi connectivity index (χ0) is 17.7. The summed E-state index contributed by atoms with van der Waals surface area (Å²) in [5.74, 6) is 2.87. The van der Waals surface area contributed by atoms with E-state index in [0.29, 0.717) is 24.6 Å². The quantitative estimate of drug-likeness (QED) is 0.887. The number of nitrogens with one attached hydrogen (secondary N) is 1. The minimum atomic E-state index is -0.0609. The first kappa shape index (κ1) is 16.4. The van der Waals surface area contributed by atoms with Gasteiger partial charge in [0, 0.05) is 38.6 Å². The topological polar surface area (TPSA) is 56.4 Å². The molecule has 0 spiro atoms. The normalized spacial score (nSPS) is 36.2. The maximum absolute atomic E-state index is 13.5. The molecule has 0 aromatic carbocycles. The van der Waals surface area contributed by atoms with Gasteiger partial charge in [0.2, 0.25) is 5.91 Å². The van der Waals surface area contributed by atoms with Crippen LogP contribution < -0.4 is 0 Å². The molecule has 1 aliphatic heterocycles. The van der Waals surface area contributed by atoms with Gasteiger partial charge in [-0.1, -0.05) is 0 Å². The fraction of sp³-hybridized carbons (Fsp3) is 0.714. The van der Waals surface area contributed by atoms with Gasteiger partial charge in [-0.15, -0.1) is 0 Å². The maximum Gasteiger partial charge on any atom is 0.255 e. The molecule has 5 fully saturated rings. The van der Waals surface area contributed by atoms with Crippen molar-refractivity contribution in [2.75, 3.05) is 26.2 Å². The Morgan fingerprint density at radius 3 is 2.15 bits per heavy atom. The van der Waals surface area contributed by atoms with Crippen molar-refractivity contribution >= 4 is 11.8 Å². The number of amides is 2. The Hall–Kier alpha value is -1.78. The Balaban J connectivity index is 1.28. The second-order valence-electron chi connectivity index (χ2n) is 9.24. The van der Waals surface area contributed by atoms with Crippen molar-refractivity contribution in [3.63, 3.8) is 0 Å². The molecule has 2 amide bonds. The molecule has 1 saturated heterocycles. The predicted octanol–water partition coefficient (Wildman–Crippen LogP) is 2.91. The average Bonchev–Trinajstić information content (AvgIpc) is 3.04. The molecule has 2 heterocycles. The summed E-state index contributed by atoms with van der Waals surface area (Å²) in [7, 11) is 0. The summed E-state index contributed by atoms with van der Waals surface area (Å²) in [5, 5.41) is 0. The molecule has 140 valence electrons. The fourth-order valence-electron chi connectivity index (χ4n) is 6.67. The lowest BCUT2D eigenvalue weighted by Crippen LogP contribution is -2.55. The average molecular weight is 355 g/mol. The highest BCUT2D eigenvalue weighted by molar-refractivity contribution is 5.94. The van der Waals surface area contributed by atoms with Crippen LogP contribution in [-0.2, 0) is 4.79 Å². The highest BCUT2D eigenvalue weighted by Gasteiger charge is 2.55. The van der Waals surface area contributed by atoms with E-state index in [4.69, 9.17) is 0 Å². The van der Waals surface area contributed by atoms with Gasteiger partial charge in [0.05, 0.1) is 11.0 Å². The van der Waals surface area contributed by atoms with Crippen LogP contribution in [0.25, 0.3) is 0 Å². The van der Waals surface area contributed by atoms with Crippen LogP contribution in [0.1, 0.15) is 55.3 Å². The molecule has 4 saturated carbocycles. The minimum absolute atomic E-state index is 0.0609. The summed E-state index contributed by atoms with van der Waals surface area (Å²) in [6, 6.07) is 1.82. The van der Waals surface area contributed by atoms with Gasteiger partial charge in [-0.25, -0.2) is 0 Å². The number of nitrogens with zero attached hydrogens (tertiary/aromatic N) is 2. The van der Waals surface area contributed by atoms with Crippen molar-refractivity contribution in [3.05, 3.63) is 24.0 Å². The number of aromatic nitrogens is 1. The Morgan fingerprint density at radius 2 is 1.54 bits per heavy atom. The SMILES string of the molecule is O=C(c1cc[nH]c1)N1CCCN(C(=O)C23CC4CC(CC(C4)C2)C3)CC1. The van der Waals surface area contributed by atoms with E-state index in [2.05, 4.69) is 9.88 Å². The van der Waals surface area contributed by atoms with Gasteiger partial charge in [-0.05, 0) is 68.8 Å². The van der Waals surface area contributed by atoms with Crippen LogP contribution in [-0.4, -0.2) is 52.8 Å². The van der Waals surface area contributed by atoms with Crippen LogP contribution in [0.5, 0.6) is 0 Å². The van der Waals surface area contributed by atoms with Gasteiger partial charge in [0.15, 0.2) is 0 Å². The highest BCUT2D eigenvalue weighted by Crippen LogP contribution is 2.60. The molecule has 0 atom stereocenters. The third kappa shape index (κ3) is 2.67. The van der Waals surface area contributed by atoms with Crippen LogP contribution in [0.15, 0.2) is 18.5 Å². The van der Waals surface area contributed by atoms with Gasteiger partial charge < -0.3 is 14.8 Å². The molecular formula is C21H29N3O2. The van der Waals surface area contributed by atoms with Crippen molar-refractivity contribution < 1.29 is 9.59 Å². The molecular weight excluding hydrogens is 326 g/mol. The third-order valence-electron chi connectivity index (χ3n) is 7.41. The van der Waals surface area contributed by atoms with E-state index in [0.717, 1.165) is 56.5 Å². The Morgan fingerprint density at radius 1 is 0.923 bits per heavy atom. The van der Waals surface area contributed by atoms with Gasteiger partial charge in [-0.2, -0.15) is 0 Å². The summed E-state index contributed by atoms with van der Waals surface area (Å²) in [6.07, 6.45) is 11.9. The number of hydrogen-bond acceptors (Lipinski definition) is 2. The molecule has 6 rings (SSSR count). The molecule has 5 heteroatoms. The van der Waals surface area contributed by atoms with Crippen LogP contribution in [0, 0.1) is 23.2 Å². The monoisotopic (exact) mass is 355 g/mol. The first-order valence-electron chi connectivity index (χ1n) is 10.3. The van der Waals surface area contributed by atoms with Crippen molar-refractivity contribution in [3.8, 4) is 0 Å². The predicted molar refractivity (Wildman–Crippen MR) is 98.5 cm³/mol. The molecule has 1 N–H and O–H groups in total. The zero-order valence-corrected chi connectivity index (χ0v) is 15.5. The van der Waals surface area contributed by atoms with Crippen LogP contribution in [0.2, 0.25) is 0 Å². The van der Waals surface area contributed by atoms with E-state index in [-0.39, 0.29) is 11.3 Å². The summed E-state index contributed by atoms with van der Waals surface area (Å²) in [4.78, 5) is 33.1. The lowest BCUT2D eigenvalue weighted by molar-refractivity contribution is -0.157. The lowest BCUT2D eigenvalue weighted by atomic mass is 9.49. The standard InChI is InChI=1S/C21H29N3O2/c25-19(18-2-3-22-14-18)23-4-1-5-24(7-6-23)20(26)21-11-15-8-16(12-21)10-17(9-15)13-21/h2-3,14-17,22H,1,4-13H2. The van der Waals surface area contributed by atoms with E-state index < -0.39 is 0 Å². The van der Waals surface area contributed by atoms with Crippen LogP contribution >= 0.6 is 0 Å². The second kappa shape index (κ2) is 6.14. The number of aromatic amines is 1. The van der Waals surface area contributed by atoms with Gasteiger partial charge in [-0.3, -0.25) is 9.59 Å². The van der Waals surface area contributed by atoms with Crippen LogP contribution in [0.3, 0.4) is 0 Å². The lowest BCUT2D eigenvalue weighted by Gasteiger charge is -2.56. The minimum Gasteiger partial charge on any atom is -0.367 e. The molecule has 0 radical (unpaired) electrons. The second-order valence-corrected chi connectivity index (χ2v) is 9.24. The van der Waals surface area contributed by atoms with E-state index in [1.54, 1.807) is 12.4 Å². The molecule has 5 aliphatic rings. The Kier molecular flexibility index (Phi) is 3.87. The summed E-state index contributed by atoms with van der Waals surface area (Å²) < 4.78 is 0. The van der Waals surface area contributed by atoms with E-state index in [1.807, 2.05) is 11.0 Å². The Labute approximate surface area is 155 Å². The maximum atomic E-state index is 13.5. The number of carbonyl (C=O) groups is 2. The molecule has 1 aromatic rings. The number of rotatable bonds is 2. The molecule has 1 aromatic heterocycles. The summed E-state index contributed by atoms with van der Waals surface area (Å²) in [6.45, 7) is 2.89. The number of hydrogen-bond donors (Lipinski definition) is 1. The van der Waals surface area contributed by atoms with Gasteiger partial charge in [0.25, 0.3) is 5.91 Å². The highest BCUT2D eigenvalue weighted by atomic mass is 16.2. The number of carbonyl (C=O) groups excluding carboxylic acids is 2. The van der Waals surface area contributed by atoms with Crippen LogP contribution in [0.4, 0.5) is 0 Å². The van der Waals surface area contributed by atoms with Gasteiger partial charge >= 0.3 is 0 Å². The smallest absolute Gasteiger partial charge is 0.255 e. The molecule has 0 unspecified atom stereocenters. The van der Waals surface area contributed by atoms with E-state index in [1.165, 1.54) is 19.3 Å². The first-order chi connectivity index (χ1) is 12.6. The van der Waals surface area contributed by atoms with Crippen molar-refractivity contribution in [2.24, 2.45) is 23.2 Å². The molecule has 26 heavy (non-hydrogen) atoms. The summed E-state index contributed by atoms with van der Waals surface area (Å²) in [5.41, 5.74) is 0.653. The van der Waals surface area contributed by atoms with E-state index >= 15 is 0 Å². The van der Waals surface area contributed by atoms with Crippen molar-refractivity contribution in [1.82, 2.24) is 14.8 Å². The molecule has 5 nitrogen and oxygen atoms in total. The zero-order valence-electron chi connectivity index (χ0n) is 15.5. The third-order valence-corrected chi connectivity index (χ3v) is 7.41. The molecule has 4 aliphatic carbocycles. The van der Waals surface area contributed by atoms with E-state index in [9.17, 15) is 9.59 Å². The Bertz CT molecular complexity index is 661. The molecule has 4 bridgehead atoms. The largest absolute Gasteiger partial charge is 0.367 e. The summed E-state index contributed by atoms with van der Waals surface area (Å²) >= 11 is 0. The van der Waals surface area contributed by atoms with Gasteiger partial charge in [0.1, 0.15) is 0 Å². The fourth-order valence-corrected chi connectivity index (χ4v) is 6.67. The van der Waals surface area contributed by atoms with Crippen molar-refractivity contribution in [1.29, 1.82) is 0 Å². The number of H-pyrrole nitrogens is 1. The van der Waals surface area contributed by atoms with Crippen molar-refractivity contribution in [2.45, 2.75) is 44.9 Å². The first-order valence-corrected chi connectivity index (χ1v) is 10.3.